The van der Waals surface area contributed by atoms with Crippen molar-refractivity contribution in [3.8, 4) is 0 Å². The third-order valence-electron chi connectivity index (χ3n) is 2.92. The van der Waals surface area contributed by atoms with Crippen LogP contribution in [-0.4, -0.2) is 11.2 Å². The van der Waals surface area contributed by atoms with Gasteiger partial charge in [-0.2, -0.15) is 0 Å². The summed E-state index contributed by atoms with van der Waals surface area (Å²) in [5.74, 6) is 0.825. The van der Waals surface area contributed by atoms with Gasteiger partial charge in [-0.1, -0.05) is 34.6 Å². The molecule has 0 amide bonds. The molecule has 0 atom stereocenters. The van der Waals surface area contributed by atoms with E-state index in [1.54, 1.807) is 0 Å². The summed E-state index contributed by atoms with van der Waals surface area (Å²) in [5, 5.41) is 9.29. The van der Waals surface area contributed by atoms with Crippen molar-refractivity contribution < 1.29 is 5.11 Å². The molecule has 80 valence electrons. The standard InChI is InChI=1S/C10H20O.C2H6/c1-10(2,3)8-4-6-9(11)7-5-8;1-2/h8-9,11H,4-7H2,1-3H3;1-2H3. The maximum Gasteiger partial charge on any atom is 0.0540 e. The predicted molar refractivity (Wildman–Crippen MR) is 58.8 cm³/mol. The van der Waals surface area contributed by atoms with Gasteiger partial charge >= 0.3 is 0 Å². The smallest absolute Gasteiger partial charge is 0.0540 e. The second kappa shape index (κ2) is 5.64. The first-order valence-electron chi connectivity index (χ1n) is 5.68. The van der Waals surface area contributed by atoms with Crippen LogP contribution in [0, 0.1) is 11.3 Å². The largest absolute Gasteiger partial charge is 0.393 e. The van der Waals surface area contributed by atoms with Gasteiger partial charge in [0.15, 0.2) is 0 Å². The van der Waals surface area contributed by atoms with Gasteiger partial charge in [0.05, 0.1) is 6.10 Å². The Morgan fingerprint density at radius 1 is 0.923 bits per heavy atom. The minimum atomic E-state index is -0.00593. The van der Waals surface area contributed by atoms with Gasteiger partial charge in [0.1, 0.15) is 0 Å². The second-order valence-electron chi connectivity index (χ2n) is 4.87. The van der Waals surface area contributed by atoms with Gasteiger partial charge in [0.25, 0.3) is 0 Å². The number of hydrogen-bond acceptors (Lipinski definition) is 1. The molecule has 1 saturated carbocycles. The molecule has 1 aliphatic carbocycles. The van der Waals surface area contributed by atoms with Crippen LogP contribution in [0.4, 0.5) is 0 Å². The first-order chi connectivity index (χ1) is 6.00. The molecular weight excluding hydrogens is 160 g/mol. The quantitative estimate of drug-likeness (QED) is 0.612. The van der Waals surface area contributed by atoms with Gasteiger partial charge < -0.3 is 5.11 Å². The Morgan fingerprint density at radius 3 is 1.62 bits per heavy atom. The van der Waals surface area contributed by atoms with Gasteiger partial charge in [-0.15, -0.1) is 0 Å². The van der Waals surface area contributed by atoms with Gasteiger partial charge in [0, 0.05) is 0 Å². The summed E-state index contributed by atoms with van der Waals surface area (Å²) < 4.78 is 0. The molecule has 0 aromatic rings. The van der Waals surface area contributed by atoms with Crippen LogP contribution in [0.3, 0.4) is 0 Å². The first-order valence-corrected chi connectivity index (χ1v) is 5.68. The average Bonchev–Trinajstić information content (AvgIpc) is 2.07. The summed E-state index contributed by atoms with van der Waals surface area (Å²) in [6.07, 6.45) is 4.45. The van der Waals surface area contributed by atoms with Crippen LogP contribution in [0.1, 0.15) is 60.3 Å². The number of aliphatic hydroxyl groups is 1. The van der Waals surface area contributed by atoms with E-state index in [2.05, 4.69) is 20.8 Å². The number of rotatable bonds is 0. The Morgan fingerprint density at radius 2 is 1.31 bits per heavy atom. The molecule has 0 aliphatic heterocycles. The molecule has 0 heterocycles. The lowest BCUT2D eigenvalue weighted by atomic mass is 9.72. The zero-order valence-corrected chi connectivity index (χ0v) is 9.93. The minimum Gasteiger partial charge on any atom is -0.393 e. The van der Waals surface area contributed by atoms with Crippen molar-refractivity contribution in [3.05, 3.63) is 0 Å². The third kappa shape index (κ3) is 4.66. The summed E-state index contributed by atoms with van der Waals surface area (Å²) in [5.41, 5.74) is 0.445. The van der Waals surface area contributed by atoms with Gasteiger partial charge in [0.2, 0.25) is 0 Å². The Balaban J connectivity index is 0.000000671. The third-order valence-corrected chi connectivity index (χ3v) is 2.92. The summed E-state index contributed by atoms with van der Waals surface area (Å²) in [4.78, 5) is 0. The van der Waals surface area contributed by atoms with E-state index < -0.39 is 0 Å². The topological polar surface area (TPSA) is 20.2 Å². The van der Waals surface area contributed by atoms with Crippen LogP contribution in [0.15, 0.2) is 0 Å². The average molecular weight is 186 g/mol. The molecule has 1 heteroatoms. The van der Waals surface area contributed by atoms with Gasteiger partial charge in [-0.05, 0) is 37.0 Å². The lowest BCUT2D eigenvalue weighted by Crippen LogP contribution is -2.27. The zero-order chi connectivity index (χ0) is 10.5. The molecule has 1 rings (SSSR count). The molecule has 0 radical (unpaired) electrons. The van der Waals surface area contributed by atoms with Crippen LogP contribution < -0.4 is 0 Å². The second-order valence-corrected chi connectivity index (χ2v) is 4.87. The monoisotopic (exact) mass is 186 g/mol. The van der Waals surface area contributed by atoms with Crippen LogP contribution in [0.2, 0.25) is 0 Å². The molecular formula is C12H26O. The molecule has 1 nitrogen and oxygen atoms in total. The highest BCUT2D eigenvalue weighted by atomic mass is 16.3. The van der Waals surface area contributed by atoms with Crippen LogP contribution in [0.5, 0.6) is 0 Å². The molecule has 1 N–H and O–H groups in total. The fourth-order valence-electron chi connectivity index (χ4n) is 1.94. The maximum atomic E-state index is 9.29. The highest BCUT2D eigenvalue weighted by Crippen LogP contribution is 2.37. The van der Waals surface area contributed by atoms with E-state index in [0.29, 0.717) is 5.41 Å². The van der Waals surface area contributed by atoms with Crippen molar-refractivity contribution in [1.82, 2.24) is 0 Å². The first kappa shape index (κ1) is 13.0. The minimum absolute atomic E-state index is 0.00593. The Bertz CT molecular complexity index is 116. The Hall–Kier alpha value is -0.0400. The molecule has 0 aromatic heterocycles. The van der Waals surface area contributed by atoms with Crippen LogP contribution in [-0.2, 0) is 0 Å². The molecule has 0 unspecified atom stereocenters. The summed E-state index contributed by atoms with van der Waals surface area (Å²) >= 11 is 0. The van der Waals surface area contributed by atoms with Gasteiger partial charge in [-0.25, -0.2) is 0 Å². The summed E-state index contributed by atoms with van der Waals surface area (Å²) in [6, 6.07) is 0. The number of aliphatic hydroxyl groups excluding tert-OH is 1. The molecule has 0 saturated heterocycles. The van der Waals surface area contributed by atoms with E-state index in [0.717, 1.165) is 18.8 Å². The summed E-state index contributed by atoms with van der Waals surface area (Å²) in [7, 11) is 0. The van der Waals surface area contributed by atoms with E-state index in [9.17, 15) is 5.11 Å². The maximum absolute atomic E-state index is 9.29. The van der Waals surface area contributed by atoms with Crippen molar-refractivity contribution in [2.75, 3.05) is 0 Å². The van der Waals surface area contributed by atoms with E-state index in [-0.39, 0.29) is 6.10 Å². The summed E-state index contributed by atoms with van der Waals surface area (Å²) in [6.45, 7) is 10.9. The van der Waals surface area contributed by atoms with E-state index in [1.165, 1.54) is 12.8 Å². The zero-order valence-electron chi connectivity index (χ0n) is 9.93. The van der Waals surface area contributed by atoms with E-state index in [4.69, 9.17) is 0 Å². The van der Waals surface area contributed by atoms with Crippen molar-refractivity contribution in [2.24, 2.45) is 11.3 Å². The van der Waals surface area contributed by atoms with Gasteiger partial charge in [-0.3, -0.25) is 0 Å². The molecule has 13 heavy (non-hydrogen) atoms. The Kier molecular flexibility index (Phi) is 5.62. The Labute approximate surface area is 83.5 Å². The predicted octanol–water partition coefficient (Wildman–Crippen LogP) is 3.61. The normalized spacial score (nSPS) is 29.1. The molecule has 1 aliphatic rings. The molecule has 1 fully saturated rings. The highest BCUT2D eigenvalue weighted by molar-refractivity contribution is 4.79. The molecule has 0 spiro atoms. The molecule has 0 bridgehead atoms. The number of hydrogen-bond donors (Lipinski definition) is 1. The van der Waals surface area contributed by atoms with E-state index in [1.807, 2.05) is 13.8 Å². The fraction of sp³-hybridized carbons (Fsp3) is 1.00. The van der Waals surface area contributed by atoms with Crippen molar-refractivity contribution in [2.45, 2.75) is 66.4 Å². The SMILES string of the molecule is CC.CC(C)(C)C1CCC(O)CC1. The molecule has 0 aromatic carbocycles. The van der Waals surface area contributed by atoms with Crippen molar-refractivity contribution in [1.29, 1.82) is 0 Å². The van der Waals surface area contributed by atoms with E-state index >= 15 is 0 Å². The van der Waals surface area contributed by atoms with Crippen LogP contribution >= 0.6 is 0 Å². The lowest BCUT2D eigenvalue weighted by molar-refractivity contribution is 0.0725. The van der Waals surface area contributed by atoms with Crippen molar-refractivity contribution in [3.63, 3.8) is 0 Å². The fourth-order valence-corrected chi connectivity index (χ4v) is 1.94. The highest BCUT2D eigenvalue weighted by Gasteiger charge is 2.28. The lowest BCUT2D eigenvalue weighted by Gasteiger charge is -2.35. The van der Waals surface area contributed by atoms with Crippen molar-refractivity contribution >= 4 is 0 Å². The van der Waals surface area contributed by atoms with Crippen LogP contribution in [0.25, 0.3) is 0 Å².